The number of thiophene rings is 1. The Balaban J connectivity index is 1.36. The molecular formula is C26H24FN3OS. The van der Waals surface area contributed by atoms with Crippen molar-refractivity contribution in [3.8, 4) is 16.3 Å². The van der Waals surface area contributed by atoms with Crippen LogP contribution >= 0.6 is 11.3 Å². The lowest BCUT2D eigenvalue weighted by molar-refractivity contribution is 0.0681. The highest BCUT2D eigenvalue weighted by Gasteiger charge is 2.27. The molecule has 3 heterocycles. The molecule has 0 unspecified atom stereocenters. The maximum atomic E-state index is 13.5. The van der Waals surface area contributed by atoms with Crippen LogP contribution in [0.25, 0.3) is 16.3 Å². The number of halogens is 1. The number of carbonyl (C=O) groups excluding carboxylic acids is 1. The lowest BCUT2D eigenvalue weighted by Gasteiger charge is -2.32. The topological polar surface area (TPSA) is 38.1 Å². The third-order valence-corrected chi connectivity index (χ3v) is 6.93. The second-order valence-electron chi connectivity index (χ2n) is 8.21. The molecule has 4 aromatic rings. The van der Waals surface area contributed by atoms with Crippen LogP contribution in [0.4, 0.5) is 4.39 Å². The van der Waals surface area contributed by atoms with Crippen LogP contribution in [-0.4, -0.2) is 33.7 Å². The third-order valence-electron chi connectivity index (χ3n) is 6.04. The predicted octanol–water partition coefficient (Wildman–Crippen LogP) is 5.83. The Labute approximate surface area is 190 Å². The molecule has 1 saturated heterocycles. The van der Waals surface area contributed by atoms with E-state index in [1.807, 2.05) is 34.5 Å². The van der Waals surface area contributed by atoms with Gasteiger partial charge in [-0.25, -0.2) is 9.07 Å². The highest BCUT2D eigenvalue weighted by atomic mass is 32.1. The van der Waals surface area contributed by atoms with Crippen molar-refractivity contribution >= 4 is 17.2 Å². The molecule has 162 valence electrons. The lowest BCUT2D eigenvalue weighted by Crippen LogP contribution is -2.39. The second-order valence-corrected chi connectivity index (χ2v) is 9.15. The van der Waals surface area contributed by atoms with Gasteiger partial charge >= 0.3 is 0 Å². The largest absolute Gasteiger partial charge is 0.337 e. The van der Waals surface area contributed by atoms with Gasteiger partial charge in [0.25, 0.3) is 5.91 Å². The number of aromatic nitrogens is 2. The highest BCUT2D eigenvalue weighted by molar-refractivity contribution is 7.13. The Kier molecular flexibility index (Phi) is 5.86. The van der Waals surface area contributed by atoms with Gasteiger partial charge in [0.15, 0.2) is 0 Å². The van der Waals surface area contributed by atoms with E-state index in [9.17, 15) is 9.18 Å². The summed E-state index contributed by atoms with van der Waals surface area (Å²) in [6.45, 7) is 1.47. The van der Waals surface area contributed by atoms with Crippen molar-refractivity contribution in [2.75, 3.05) is 13.1 Å². The number of benzene rings is 2. The van der Waals surface area contributed by atoms with Crippen LogP contribution in [0, 0.1) is 11.7 Å². The summed E-state index contributed by atoms with van der Waals surface area (Å²) in [5.74, 6) is 0.251. The van der Waals surface area contributed by atoms with Gasteiger partial charge in [-0.15, -0.1) is 11.3 Å². The summed E-state index contributed by atoms with van der Waals surface area (Å²) in [7, 11) is 0. The van der Waals surface area contributed by atoms with Gasteiger partial charge in [0.1, 0.15) is 17.2 Å². The Morgan fingerprint density at radius 1 is 1.00 bits per heavy atom. The summed E-state index contributed by atoms with van der Waals surface area (Å²) in [5, 5.41) is 6.69. The fourth-order valence-electron chi connectivity index (χ4n) is 4.31. The van der Waals surface area contributed by atoms with E-state index in [1.54, 1.807) is 28.2 Å². The Morgan fingerprint density at radius 2 is 1.75 bits per heavy atom. The van der Waals surface area contributed by atoms with Crippen molar-refractivity contribution in [1.29, 1.82) is 0 Å². The normalized spacial score (nSPS) is 14.6. The molecule has 6 heteroatoms. The Bertz CT molecular complexity index is 1180. The van der Waals surface area contributed by atoms with E-state index in [1.165, 1.54) is 17.7 Å². The zero-order valence-electron chi connectivity index (χ0n) is 17.7. The van der Waals surface area contributed by atoms with Gasteiger partial charge in [-0.05, 0) is 72.5 Å². The first-order valence-electron chi connectivity index (χ1n) is 10.9. The summed E-state index contributed by atoms with van der Waals surface area (Å²) in [6.07, 6.45) is 3.03. The van der Waals surface area contributed by atoms with Gasteiger partial charge in [-0.3, -0.25) is 4.79 Å². The minimum atomic E-state index is -0.312. The minimum Gasteiger partial charge on any atom is -0.337 e. The maximum Gasteiger partial charge on any atom is 0.272 e. The van der Waals surface area contributed by atoms with E-state index in [-0.39, 0.29) is 11.7 Å². The summed E-state index contributed by atoms with van der Waals surface area (Å²) in [4.78, 5) is 16.4. The van der Waals surface area contributed by atoms with Gasteiger partial charge in [0.2, 0.25) is 0 Å². The van der Waals surface area contributed by atoms with Crippen LogP contribution in [0.1, 0.15) is 28.9 Å². The Hall–Kier alpha value is -3.25. The van der Waals surface area contributed by atoms with E-state index in [4.69, 9.17) is 5.10 Å². The van der Waals surface area contributed by atoms with E-state index in [0.717, 1.165) is 42.9 Å². The fraction of sp³-hybridized carbons (Fsp3) is 0.231. The molecule has 0 radical (unpaired) electrons. The van der Waals surface area contributed by atoms with Gasteiger partial charge in [-0.2, -0.15) is 5.10 Å². The second kappa shape index (κ2) is 9.09. The lowest BCUT2D eigenvalue weighted by atomic mass is 9.90. The van der Waals surface area contributed by atoms with Crippen LogP contribution in [0.2, 0.25) is 0 Å². The first-order valence-corrected chi connectivity index (χ1v) is 11.8. The minimum absolute atomic E-state index is 0.0252. The number of rotatable bonds is 5. The van der Waals surface area contributed by atoms with Gasteiger partial charge in [-0.1, -0.05) is 36.4 Å². The van der Waals surface area contributed by atoms with Crippen molar-refractivity contribution in [2.45, 2.75) is 19.3 Å². The first kappa shape index (κ1) is 20.6. The molecule has 1 aliphatic heterocycles. The zero-order chi connectivity index (χ0) is 21.9. The molecule has 5 rings (SSSR count). The van der Waals surface area contributed by atoms with Crippen LogP contribution in [0.3, 0.4) is 0 Å². The Morgan fingerprint density at radius 3 is 2.44 bits per heavy atom. The van der Waals surface area contributed by atoms with Crippen molar-refractivity contribution in [3.05, 3.63) is 95.3 Å². The van der Waals surface area contributed by atoms with E-state index >= 15 is 0 Å². The van der Waals surface area contributed by atoms with E-state index in [0.29, 0.717) is 17.3 Å². The SMILES string of the molecule is O=C(c1cc(-c2cccs2)nn1-c1ccc(F)cc1)N1CCC(Cc2ccccc2)CC1. The molecule has 1 fully saturated rings. The quantitative estimate of drug-likeness (QED) is 0.387. The monoisotopic (exact) mass is 445 g/mol. The summed E-state index contributed by atoms with van der Waals surface area (Å²) < 4.78 is 15.1. The smallest absolute Gasteiger partial charge is 0.272 e. The zero-order valence-corrected chi connectivity index (χ0v) is 18.5. The van der Waals surface area contributed by atoms with Gasteiger partial charge in [0.05, 0.1) is 10.6 Å². The van der Waals surface area contributed by atoms with Crippen LogP contribution < -0.4 is 0 Å². The summed E-state index contributed by atoms with van der Waals surface area (Å²) in [5.41, 5.74) is 3.30. The first-order chi connectivity index (χ1) is 15.7. The summed E-state index contributed by atoms with van der Waals surface area (Å²) in [6, 6.07) is 22.5. The average Bonchev–Trinajstić information content (AvgIpc) is 3.51. The van der Waals surface area contributed by atoms with Crippen LogP contribution in [-0.2, 0) is 6.42 Å². The highest BCUT2D eigenvalue weighted by Crippen LogP contribution is 2.28. The van der Waals surface area contributed by atoms with E-state index < -0.39 is 0 Å². The van der Waals surface area contributed by atoms with Crippen LogP contribution in [0.15, 0.2) is 78.2 Å². The molecule has 0 N–H and O–H groups in total. The van der Waals surface area contributed by atoms with Crippen molar-refractivity contribution in [1.82, 2.24) is 14.7 Å². The number of carbonyl (C=O) groups is 1. The molecule has 32 heavy (non-hydrogen) atoms. The number of hydrogen-bond donors (Lipinski definition) is 0. The van der Waals surface area contributed by atoms with Crippen LogP contribution in [0.5, 0.6) is 0 Å². The standard InChI is InChI=1S/C26H24FN3OS/c27-21-8-10-22(11-9-21)30-24(18-23(28-30)25-7-4-16-32-25)26(31)29-14-12-20(13-15-29)17-19-5-2-1-3-6-19/h1-11,16,18,20H,12-15,17H2. The van der Waals surface area contributed by atoms with Crippen molar-refractivity contribution < 1.29 is 9.18 Å². The van der Waals surface area contributed by atoms with Gasteiger partial charge < -0.3 is 4.90 Å². The average molecular weight is 446 g/mol. The number of piperidine rings is 1. The number of likely N-dealkylation sites (tertiary alicyclic amines) is 1. The van der Waals surface area contributed by atoms with E-state index in [2.05, 4.69) is 24.3 Å². The predicted molar refractivity (Wildman–Crippen MR) is 126 cm³/mol. The molecule has 1 aliphatic rings. The molecule has 0 bridgehead atoms. The number of nitrogens with zero attached hydrogens (tertiary/aromatic N) is 3. The fourth-order valence-corrected chi connectivity index (χ4v) is 4.99. The van der Waals surface area contributed by atoms with Gasteiger partial charge in [0, 0.05) is 13.1 Å². The number of amides is 1. The molecule has 0 spiro atoms. The molecule has 2 aromatic carbocycles. The molecule has 1 amide bonds. The molecule has 0 saturated carbocycles. The molecule has 0 aliphatic carbocycles. The van der Waals surface area contributed by atoms with Crippen molar-refractivity contribution in [2.24, 2.45) is 5.92 Å². The maximum absolute atomic E-state index is 13.5. The molecule has 0 atom stereocenters. The molecule has 4 nitrogen and oxygen atoms in total. The molecule has 2 aromatic heterocycles. The third kappa shape index (κ3) is 4.36. The number of hydrogen-bond acceptors (Lipinski definition) is 3. The molecular weight excluding hydrogens is 421 g/mol. The summed E-state index contributed by atoms with van der Waals surface area (Å²) >= 11 is 1.58. The van der Waals surface area contributed by atoms with Crippen molar-refractivity contribution in [3.63, 3.8) is 0 Å².